The molecular weight excluding hydrogens is 316 g/mol. The first-order chi connectivity index (χ1) is 11.7. The van der Waals surface area contributed by atoms with Gasteiger partial charge in [0.05, 0.1) is 9.58 Å². The van der Waals surface area contributed by atoms with E-state index in [4.69, 9.17) is 5.73 Å². The standard InChI is InChI=1S/C20H14N2OS/c21-20(23)18-10-16-17(11-22-12-19(16)24-18)15-8-4-7-14(9-15)13-5-2-1-3-6-13/h1-12H,(H2,21,23). The van der Waals surface area contributed by atoms with Crippen molar-refractivity contribution in [3.63, 3.8) is 0 Å². The summed E-state index contributed by atoms with van der Waals surface area (Å²) in [6, 6.07) is 20.4. The molecule has 0 aliphatic rings. The summed E-state index contributed by atoms with van der Waals surface area (Å²) in [5.41, 5.74) is 9.82. The molecule has 2 N–H and O–H groups in total. The van der Waals surface area contributed by atoms with Gasteiger partial charge in [0.1, 0.15) is 0 Å². The van der Waals surface area contributed by atoms with Crippen molar-refractivity contribution in [3.8, 4) is 22.3 Å². The first kappa shape index (κ1) is 14.6. The summed E-state index contributed by atoms with van der Waals surface area (Å²) < 4.78 is 0.964. The van der Waals surface area contributed by atoms with E-state index < -0.39 is 5.91 Å². The van der Waals surface area contributed by atoms with Crippen molar-refractivity contribution >= 4 is 27.3 Å². The molecule has 4 aromatic rings. The average Bonchev–Trinajstić information content (AvgIpc) is 3.07. The molecule has 116 valence electrons. The minimum atomic E-state index is -0.403. The lowest BCUT2D eigenvalue weighted by Gasteiger charge is -2.07. The molecule has 0 spiro atoms. The van der Waals surface area contributed by atoms with E-state index >= 15 is 0 Å². The van der Waals surface area contributed by atoms with Gasteiger partial charge in [0.25, 0.3) is 5.91 Å². The summed E-state index contributed by atoms with van der Waals surface area (Å²) in [7, 11) is 0. The van der Waals surface area contributed by atoms with Crippen LogP contribution in [0.2, 0.25) is 0 Å². The number of nitrogens with zero attached hydrogens (tertiary/aromatic N) is 1. The third-order valence-corrected chi connectivity index (χ3v) is 5.05. The van der Waals surface area contributed by atoms with Gasteiger partial charge in [0, 0.05) is 23.3 Å². The molecule has 0 aliphatic heterocycles. The Kier molecular flexibility index (Phi) is 3.59. The highest BCUT2D eigenvalue weighted by molar-refractivity contribution is 7.20. The normalized spacial score (nSPS) is 10.8. The van der Waals surface area contributed by atoms with Crippen LogP contribution >= 0.6 is 11.3 Å². The average molecular weight is 330 g/mol. The second kappa shape index (κ2) is 5.91. The first-order valence-corrected chi connectivity index (χ1v) is 8.37. The fraction of sp³-hybridized carbons (Fsp3) is 0. The van der Waals surface area contributed by atoms with Gasteiger partial charge in [0.15, 0.2) is 0 Å². The van der Waals surface area contributed by atoms with Crippen LogP contribution < -0.4 is 5.73 Å². The minimum Gasteiger partial charge on any atom is -0.365 e. The maximum absolute atomic E-state index is 11.5. The van der Waals surface area contributed by atoms with Crippen molar-refractivity contribution < 1.29 is 4.79 Å². The third kappa shape index (κ3) is 2.57. The van der Waals surface area contributed by atoms with Gasteiger partial charge < -0.3 is 5.73 Å². The quantitative estimate of drug-likeness (QED) is 0.590. The largest absolute Gasteiger partial charge is 0.365 e. The first-order valence-electron chi connectivity index (χ1n) is 7.55. The highest BCUT2D eigenvalue weighted by atomic mass is 32.1. The predicted octanol–water partition coefficient (Wildman–Crippen LogP) is 4.73. The molecule has 0 saturated carbocycles. The van der Waals surface area contributed by atoms with Crippen molar-refractivity contribution in [2.75, 3.05) is 0 Å². The van der Waals surface area contributed by atoms with Gasteiger partial charge in [-0.05, 0) is 28.8 Å². The van der Waals surface area contributed by atoms with Crippen LogP contribution in [0, 0.1) is 0 Å². The Morgan fingerprint density at radius 1 is 0.875 bits per heavy atom. The maximum atomic E-state index is 11.5. The Labute approximate surface area is 143 Å². The molecule has 0 bridgehead atoms. The molecule has 4 rings (SSSR count). The number of hydrogen-bond donors (Lipinski definition) is 1. The van der Waals surface area contributed by atoms with Crippen molar-refractivity contribution in [1.29, 1.82) is 0 Å². The van der Waals surface area contributed by atoms with Crippen molar-refractivity contribution in [1.82, 2.24) is 4.98 Å². The van der Waals surface area contributed by atoms with E-state index in [0.29, 0.717) is 4.88 Å². The third-order valence-electron chi connectivity index (χ3n) is 3.97. The van der Waals surface area contributed by atoms with E-state index in [1.165, 1.54) is 16.9 Å². The fourth-order valence-electron chi connectivity index (χ4n) is 2.81. The van der Waals surface area contributed by atoms with Gasteiger partial charge in [-0.15, -0.1) is 11.3 Å². The van der Waals surface area contributed by atoms with Crippen molar-refractivity contribution in [2.45, 2.75) is 0 Å². The number of benzene rings is 2. The molecule has 2 aromatic carbocycles. The molecule has 0 aliphatic carbocycles. The Bertz CT molecular complexity index is 1040. The number of hydrogen-bond acceptors (Lipinski definition) is 3. The molecular formula is C20H14N2OS. The smallest absolute Gasteiger partial charge is 0.258 e. The van der Waals surface area contributed by atoms with E-state index in [-0.39, 0.29) is 0 Å². The van der Waals surface area contributed by atoms with Gasteiger partial charge in [-0.3, -0.25) is 9.78 Å². The molecule has 24 heavy (non-hydrogen) atoms. The van der Waals surface area contributed by atoms with E-state index in [1.807, 2.05) is 36.5 Å². The highest BCUT2D eigenvalue weighted by Crippen LogP contribution is 2.34. The monoisotopic (exact) mass is 330 g/mol. The number of amides is 1. The van der Waals surface area contributed by atoms with E-state index in [0.717, 1.165) is 26.8 Å². The van der Waals surface area contributed by atoms with Crippen molar-refractivity contribution in [3.05, 3.63) is 77.9 Å². The molecule has 4 heteroatoms. The second-order valence-corrected chi connectivity index (χ2v) is 6.60. The number of nitrogens with two attached hydrogens (primary N) is 1. The molecule has 0 radical (unpaired) electrons. The fourth-order valence-corrected chi connectivity index (χ4v) is 3.72. The summed E-state index contributed by atoms with van der Waals surface area (Å²) in [5, 5.41) is 1.01. The number of carbonyl (C=O) groups is 1. The van der Waals surface area contributed by atoms with Crippen LogP contribution in [0.15, 0.2) is 73.1 Å². The van der Waals surface area contributed by atoms with Gasteiger partial charge in [-0.2, -0.15) is 0 Å². The molecule has 3 nitrogen and oxygen atoms in total. The zero-order valence-electron chi connectivity index (χ0n) is 12.8. The van der Waals surface area contributed by atoms with Crippen LogP contribution in [0.5, 0.6) is 0 Å². The highest BCUT2D eigenvalue weighted by Gasteiger charge is 2.12. The van der Waals surface area contributed by atoms with E-state index in [9.17, 15) is 4.79 Å². The number of pyridine rings is 1. The van der Waals surface area contributed by atoms with Gasteiger partial charge in [0.2, 0.25) is 0 Å². The molecule has 0 unspecified atom stereocenters. The Hall–Kier alpha value is -2.98. The zero-order chi connectivity index (χ0) is 16.5. The molecule has 1 amide bonds. The van der Waals surface area contributed by atoms with Crippen LogP contribution in [0.3, 0.4) is 0 Å². The van der Waals surface area contributed by atoms with Gasteiger partial charge in [-0.1, -0.05) is 48.5 Å². The molecule has 0 atom stereocenters. The van der Waals surface area contributed by atoms with Crippen LogP contribution in [0.1, 0.15) is 9.67 Å². The Morgan fingerprint density at radius 3 is 2.42 bits per heavy atom. The summed E-state index contributed by atoms with van der Waals surface area (Å²) in [4.78, 5) is 16.3. The number of carbonyl (C=O) groups excluding carboxylic acids is 1. The van der Waals surface area contributed by atoms with Crippen LogP contribution in [-0.2, 0) is 0 Å². The minimum absolute atomic E-state index is 0.403. The van der Waals surface area contributed by atoms with Gasteiger partial charge in [-0.25, -0.2) is 0 Å². The maximum Gasteiger partial charge on any atom is 0.258 e. The zero-order valence-corrected chi connectivity index (χ0v) is 13.6. The number of fused-ring (bicyclic) bond motifs is 1. The molecule has 2 heterocycles. The topological polar surface area (TPSA) is 56.0 Å². The summed E-state index contributed by atoms with van der Waals surface area (Å²) >= 11 is 1.38. The number of primary amides is 1. The summed E-state index contributed by atoms with van der Waals surface area (Å²) in [5.74, 6) is -0.403. The Morgan fingerprint density at radius 2 is 1.62 bits per heavy atom. The lowest BCUT2D eigenvalue weighted by Crippen LogP contribution is -2.08. The number of thiophene rings is 1. The summed E-state index contributed by atoms with van der Waals surface area (Å²) in [6.45, 7) is 0. The van der Waals surface area contributed by atoms with E-state index in [2.05, 4.69) is 35.3 Å². The predicted molar refractivity (Wildman–Crippen MR) is 99.0 cm³/mol. The SMILES string of the molecule is NC(=O)c1cc2c(-c3cccc(-c4ccccc4)c3)cncc2s1. The van der Waals surface area contributed by atoms with Crippen molar-refractivity contribution in [2.24, 2.45) is 5.73 Å². The summed E-state index contributed by atoms with van der Waals surface area (Å²) in [6.07, 6.45) is 3.61. The molecule has 2 aromatic heterocycles. The lowest BCUT2D eigenvalue weighted by molar-refractivity contribution is 0.100. The van der Waals surface area contributed by atoms with E-state index in [1.54, 1.807) is 6.20 Å². The molecule has 0 fully saturated rings. The van der Waals surface area contributed by atoms with Gasteiger partial charge >= 0.3 is 0 Å². The molecule has 0 saturated heterocycles. The second-order valence-electron chi connectivity index (χ2n) is 5.52. The Balaban J connectivity index is 1.88. The van der Waals surface area contributed by atoms with Crippen LogP contribution in [-0.4, -0.2) is 10.9 Å². The van der Waals surface area contributed by atoms with Crippen LogP contribution in [0.25, 0.3) is 32.3 Å². The number of rotatable bonds is 3. The lowest BCUT2D eigenvalue weighted by atomic mass is 9.98. The number of aromatic nitrogens is 1. The van der Waals surface area contributed by atoms with Crippen LogP contribution in [0.4, 0.5) is 0 Å².